The van der Waals surface area contributed by atoms with Gasteiger partial charge >= 0.3 is 5.97 Å². The van der Waals surface area contributed by atoms with E-state index in [0.717, 1.165) is 4.68 Å². The summed E-state index contributed by atoms with van der Waals surface area (Å²) in [5, 5.41) is 20.3. The summed E-state index contributed by atoms with van der Waals surface area (Å²) in [5.41, 5.74) is 0.491. The largest absolute Gasteiger partial charge is 0.480 e. The van der Waals surface area contributed by atoms with E-state index < -0.39 is 5.97 Å². The van der Waals surface area contributed by atoms with Gasteiger partial charge in [0.05, 0.1) is 5.02 Å². The fourth-order valence-corrected chi connectivity index (χ4v) is 1.68. The SMILES string of the molecule is O=C(O)Cn1nnnc1-c1cc(Cl)ccc1Cl. The monoisotopic (exact) mass is 272 g/mol. The maximum atomic E-state index is 10.6. The Bertz CT molecular complexity index is 570. The summed E-state index contributed by atoms with van der Waals surface area (Å²) >= 11 is 11.8. The Kier molecular flexibility index (Phi) is 3.26. The Labute approximate surface area is 106 Å². The zero-order valence-corrected chi connectivity index (χ0v) is 9.85. The van der Waals surface area contributed by atoms with Crippen molar-refractivity contribution in [2.45, 2.75) is 6.54 Å². The maximum absolute atomic E-state index is 10.6. The van der Waals surface area contributed by atoms with Crippen molar-refractivity contribution in [3.05, 3.63) is 28.2 Å². The third kappa shape index (κ3) is 2.54. The molecule has 8 heteroatoms. The third-order valence-electron chi connectivity index (χ3n) is 1.99. The van der Waals surface area contributed by atoms with Gasteiger partial charge in [0.15, 0.2) is 5.82 Å². The van der Waals surface area contributed by atoms with Crippen LogP contribution in [-0.4, -0.2) is 31.3 Å². The lowest BCUT2D eigenvalue weighted by Gasteiger charge is -2.04. The van der Waals surface area contributed by atoms with Gasteiger partial charge in [-0.1, -0.05) is 23.2 Å². The van der Waals surface area contributed by atoms with Gasteiger partial charge in [-0.2, -0.15) is 0 Å². The molecule has 88 valence electrons. The van der Waals surface area contributed by atoms with E-state index in [0.29, 0.717) is 15.6 Å². The van der Waals surface area contributed by atoms with Gasteiger partial charge in [0.25, 0.3) is 0 Å². The summed E-state index contributed by atoms with van der Waals surface area (Å²) in [6.07, 6.45) is 0. The molecule has 0 aliphatic rings. The fraction of sp³-hybridized carbons (Fsp3) is 0.111. The Morgan fingerprint density at radius 1 is 1.41 bits per heavy atom. The second-order valence-corrected chi connectivity index (χ2v) is 4.02. The number of carboxylic acid groups (broad SMARTS) is 1. The van der Waals surface area contributed by atoms with Crippen molar-refractivity contribution in [2.24, 2.45) is 0 Å². The number of nitrogens with zero attached hydrogens (tertiary/aromatic N) is 4. The van der Waals surface area contributed by atoms with Crippen molar-refractivity contribution in [3.8, 4) is 11.4 Å². The van der Waals surface area contributed by atoms with Crippen LogP contribution in [0.3, 0.4) is 0 Å². The lowest BCUT2D eigenvalue weighted by atomic mass is 10.2. The van der Waals surface area contributed by atoms with E-state index in [1.54, 1.807) is 18.2 Å². The number of tetrazole rings is 1. The number of carbonyl (C=O) groups is 1. The summed E-state index contributed by atoms with van der Waals surface area (Å²) in [4.78, 5) is 10.6. The van der Waals surface area contributed by atoms with Crippen LogP contribution in [0.15, 0.2) is 18.2 Å². The summed E-state index contributed by atoms with van der Waals surface area (Å²) < 4.78 is 1.14. The lowest BCUT2D eigenvalue weighted by Crippen LogP contribution is -2.11. The quantitative estimate of drug-likeness (QED) is 0.921. The van der Waals surface area contributed by atoms with Crippen molar-refractivity contribution in [1.82, 2.24) is 20.2 Å². The van der Waals surface area contributed by atoms with Gasteiger partial charge in [-0.25, -0.2) is 4.68 Å². The predicted octanol–water partition coefficient (Wildman–Crippen LogP) is 1.73. The van der Waals surface area contributed by atoms with Crippen molar-refractivity contribution in [3.63, 3.8) is 0 Å². The van der Waals surface area contributed by atoms with E-state index >= 15 is 0 Å². The molecule has 1 aromatic heterocycles. The minimum absolute atomic E-state index is 0.264. The lowest BCUT2D eigenvalue weighted by molar-refractivity contribution is -0.137. The molecule has 0 saturated carbocycles. The van der Waals surface area contributed by atoms with Gasteiger partial charge in [0, 0.05) is 10.6 Å². The average Bonchev–Trinajstić information content (AvgIpc) is 2.69. The molecule has 1 heterocycles. The summed E-state index contributed by atoms with van der Waals surface area (Å²) in [6.45, 7) is -0.342. The fourth-order valence-electron chi connectivity index (χ4n) is 1.30. The van der Waals surface area contributed by atoms with Crippen LogP contribution in [-0.2, 0) is 11.3 Å². The highest BCUT2D eigenvalue weighted by atomic mass is 35.5. The number of carboxylic acids is 1. The number of benzene rings is 1. The van der Waals surface area contributed by atoms with Gasteiger partial charge in [-0.15, -0.1) is 5.10 Å². The molecule has 0 fully saturated rings. The van der Waals surface area contributed by atoms with E-state index in [-0.39, 0.29) is 12.4 Å². The average molecular weight is 273 g/mol. The van der Waals surface area contributed by atoms with Crippen LogP contribution in [0.5, 0.6) is 0 Å². The molecule has 0 bridgehead atoms. The maximum Gasteiger partial charge on any atom is 0.325 e. The first-order valence-electron chi connectivity index (χ1n) is 4.51. The molecule has 0 unspecified atom stereocenters. The molecule has 0 atom stereocenters. The van der Waals surface area contributed by atoms with Crippen molar-refractivity contribution in [2.75, 3.05) is 0 Å². The smallest absolute Gasteiger partial charge is 0.325 e. The molecule has 0 saturated heterocycles. The molecular formula is C9H6Cl2N4O2. The van der Waals surface area contributed by atoms with Gasteiger partial charge in [0.1, 0.15) is 6.54 Å². The van der Waals surface area contributed by atoms with E-state index in [2.05, 4.69) is 15.5 Å². The zero-order chi connectivity index (χ0) is 12.4. The molecule has 0 radical (unpaired) electrons. The van der Waals surface area contributed by atoms with Gasteiger partial charge in [0.2, 0.25) is 0 Å². The van der Waals surface area contributed by atoms with Crippen LogP contribution in [0.1, 0.15) is 0 Å². The zero-order valence-electron chi connectivity index (χ0n) is 8.34. The van der Waals surface area contributed by atoms with E-state index in [1.165, 1.54) is 0 Å². The Balaban J connectivity index is 2.49. The Hall–Kier alpha value is -1.66. The van der Waals surface area contributed by atoms with Gasteiger partial charge in [-0.05, 0) is 28.6 Å². The van der Waals surface area contributed by atoms with Crippen LogP contribution < -0.4 is 0 Å². The summed E-state index contributed by atoms with van der Waals surface area (Å²) in [7, 11) is 0. The molecule has 0 aliphatic heterocycles. The van der Waals surface area contributed by atoms with Crippen LogP contribution >= 0.6 is 23.2 Å². The van der Waals surface area contributed by atoms with Crippen LogP contribution in [0.4, 0.5) is 0 Å². The highest BCUT2D eigenvalue weighted by Gasteiger charge is 2.14. The number of hydrogen-bond donors (Lipinski definition) is 1. The highest BCUT2D eigenvalue weighted by Crippen LogP contribution is 2.28. The molecule has 17 heavy (non-hydrogen) atoms. The second kappa shape index (κ2) is 4.68. The van der Waals surface area contributed by atoms with Gasteiger partial charge < -0.3 is 5.11 Å². The third-order valence-corrected chi connectivity index (χ3v) is 2.55. The topological polar surface area (TPSA) is 80.9 Å². The highest BCUT2D eigenvalue weighted by molar-refractivity contribution is 6.35. The number of halogens is 2. The van der Waals surface area contributed by atoms with E-state index in [4.69, 9.17) is 28.3 Å². The molecular weight excluding hydrogens is 267 g/mol. The van der Waals surface area contributed by atoms with Crippen molar-refractivity contribution in [1.29, 1.82) is 0 Å². The van der Waals surface area contributed by atoms with Crippen molar-refractivity contribution < 1.29 is 9.90 Å². The molecule has 1 aromatic carbocycles. The molecule has 6 nitrogen and oxygen atoms in total. The number of aromatic nitrogens is 4. The second-order valence-electron chi connectivity index (χ2n) is 3.18. The van der Waals surface area contributed by atoms with Crippen LogP contribution in [0.25, 0.3) is 11.4 Å². The Morgan fingerprint density at radius 3 is 2.88 bits per heavy atom. The normalized spacial score (nSPS) is 10.5. The van der Waals surface area contributed by atoms with E-state index in [1.807, 2.05) is 0 Å². The summed E-state index contributed by atoms with van der Waals surface area (Å²) in [5.74, 6) is -0.781. The molecule has 0 aliphatic carbocycles. The van der Waals surface area contributed by atoms with Crippen molar-refractivity contribution >= 4 is 29.2 Å². The molecule has 0 amide bonds. The molecule has 1 N–H and O–H groups in total. The summed E-state index contributed by atoms with van der Waals surface area (Å²) in [6, 6.07) is 4.80. The minimum Gasteiger partial charge on any atom is -0.480 e. The van der Waals surface area contributed by atoms with Crippen LogP contribution in [0.2, 0.25) is 10.0 Å². The predicted molar refractivity (Wildman–Crippen MR) is 60.9 cm³/mol. The van der Waals surface area contributed by atoms with E-state index in [9.17, 15) is 4.79 Å². The van der Waals surface area contributed by atoms with Gasteiger partial charge in [-0.3, -0.25) is 4.79 Å². The first-order chi connectivity index (χ1) is 8.08. The molecule has 2 rings (SSSR count). The molecule has 0 spiro atoms. The number of aliphatic carboxylic acids is 1. The first-order valence-corrected chi connectivity index (χ1v) is 5.27. The Morgan fingerprint density at radius 2 is 2.18 bits per heavy atom. The standard InChI is InChI=1S/C9H6Cl2N4O2/c10-5-1-2-7(11)6(3-5)9-12-13-14-15(9)4-8(16)17/h1-3H,4H2,(H,16,17). The number of rotatable bonds is 3. The first kappa shape index (κ1) is 11.8. The number of hydrogen-bond acceptors (Lipinski definition) is 4. The van der Waals surface area contributed by atoms with Crippen LogP contribution in [0, 0.1) is 0 Å². The minimum atomic E-state index is -1.04. The molecule has 2 aromatic rings.